The zero-order chi connectivity index (χ0) is 33.9. The van der Waals surface area contributed by atoms with Crippen LogP contribution >= 0.6 is 11.6 Å². The summed E-state index contributed by atoms with van der Waals surface area (Å²) in [7, 11) is -2.26. The number of ketones is 2. The van der Waals surface area contributed by atoms with Gasteiger partial charge in [-0.15, -0.1) is 0 Å². The van der Waals surface area contributed by atoms with Crippen LogP contribution in [-0.2, 0) is 19.6 Å². The van der Waals surface area contributed by atoms with Crippen LogP contribution in [0.5, 0.6) is 0 Å². The molecule has 10 nitrogen and oxygen atoms in total. The summed E-state index contributed by atoms with van der Waals surface area (Å²) in [6, 6.07) is 10.5. The van der Waals surface area contributed by atoms with Gasteiger partial charge in [-0.2, -0.15) is 0 Å². The Hall–Kier alpha value is -3.75. The van der Waals surface area contributed by atoms with Gasteiger partial charge in [-0.25, -0.2) is 22.2 Å². The number of carbonyl (C=O) groups excluding carboxylic acids is 2. The maximum Gasteiger partial charge on any atom is 0.232 e. The Balaban J connectivity index is 0.000000257. The van der Waals surface area contributed by atoms with Gasteiger partial charge in [-0.05, 0) is 68.2 Å². The third-order valence-corrected chi connectivity index (χ3v) is 10.3. The molecule has 0 spiro atoms. The van der Waals surface area contributed by atoms with Crippen LogP contribution in [0.1, 0.15) is 42.1 Å². The van der Waals surface area contributed by atoms with Gasteiger partial charge in [0.05, 0.1) is 30.2 Å². The highest BCUT2D eigenvalue weighted by Crippen LogP contribution is 2.36. The van der Waals surface area contributed by atoms with Crippen LogP contribution in [0.15, 0.2) is 54.9 Å². The molecule has 3 aliphatic heterocycles. The second kappa shape index (κ2) is 14.2. The van der Waals surface area contributed by atoms with Gasteiger partial charge in [-0.3, -0.25) is 19.2 Å². The molecule has 0 radical (unpaired) electrons. The summed E-state index contributed by atoms with van der Waals surface area (Å²) >= 11 is 5.93. The van der Waals surface area contributed by atoms with E-state index in [1.807, 2.05) is 0 Å². The molecule has 1 atom stereocenters. The second-order valence-corrected chi connectivity index (χ2v) is 13.9. The molecule has 4 aromatic rings. The molecule has 0 aliphatic carbocycles. The standard InChI is InChI=1S/C23H18ClF2N3O3S.C10H17NO3/c1-2-9-33(31,32)29-19-8-7-18(25)20(21(19)26)22(30)17-12-28-23-16(17)10-14(11-27-23)13-3-5-15(24)6-4-13;1-14-7-10(6-12)9(13)8-2-4-11(10)5-3-8/h3-8,10-12,29H,2,9H2,1H3,(H,27,28);8,12H,2-7H2,1H3. The number of carbonyl (C=O) groups is 2. The number of hydrogen-bond acceptors (Lipinski definition) is 8. The van der Waals surface area contributed by atoms with Crippen LogP contribution in [0, 0.1) is 17.6 Å². The number of fused-ring (bicyclic) bond motifs is 4. The highest BCUT2D eigenvalue weighted by molar-refractivity contribution is 7.92. The molecule has 3 N–H and O–H groups in total. The van der Waals surface area contributed by atoms with Crippen molar-refractivity contribution in [3.8, 4) is 11.1 Å². The Morgan fingerprint density at radius 3 is 2.49 bits per heavy atom. The number of benzene rings is 2. The molecule has 7 rings (SSSR count). The third-order valence-electron chi connectivity index (χ3n) is 8.58. The van der Waals surface area contributed by atoms with Crippen molar-refractivity contribution in [2.75, 3.05) is 43.9 Å². The van der Waals surface area contributed by atoms with Crippen molar-refractivity contribution < 1.29 is 36.6 Å². The zero-order valence-electron chi connectivity index (χ0n) is 25.9. The number of nitrogens with zero attached hydrogens (tertiary/aromatic N) is 2. The summed E-state index contributed by atoms with van der Waals surface area (Å²) in [5.41, 5.74) is -0.252. The molecule has 47 heavy (non-hydrogen) atoms. The molecule has 5 heterocycles. The van der Waals surface area contributed by atoms with Gasteiger partial charge < -0.3 is 14.8 Å². The molecular weight excluding hydrogens is 654 g/mol. The normalized spacial score (nSPS) is 20.6. The van der Waals surface area contributed by atoms with E-state index in [-0.39, 0.29) is 29.6 Å². The van der Waals surface area contributed by atoms with Gasteiger partial charge in [0, 0.05) is 47.0 Å². The first-order chi connectivity index (χ1) is 22.4. The molecule has 0 amide bonds. The number of H-pyrrole nitrogens is 1. The molecule has 14 heteroatoms. The predicted octanol–water partition coefficient (Wildman–Crippen LogP) is 5.20. The highest BCUT2D eigenvalue weighted by atomic mass is 35.5. The molecule has 0 saturated carbocycles. The number of Topliss-reactive ketones (excluding diaryl/α,β-unsaturated/α-hetero) is 1. The molecule has 3 fully saturated rings. The first kappa shape index (κ1) is 34.6. The van der Waals surface area contributed by atoms with E-state index in [9.17, 15) is 27.5 Å². The molecule has 3 saturated heterocycles. The minimum absolute atomic E-state index is 0.000297. The van der Waals surface area contributed by atoms with E-state index in [0.29, 0.717) is 34.6 Å². The Morgan fingerprint density at radius 1 is 1.17 bits per heavy atom. The van der Waals surface area contributed by atoms with Crippen molar-refractivity contribution in [2.45, 2.75) is 31.7 Å². The minimum Gasteiger partial charge on any atom is -0.394 e. The van der Waals surface area contributed by atoms with E-state index in [2.05, 4.69) is 19.6 Å². The number of hydrogen-bond donors (Lipinski definition) is 3. The third kappa shape index (κ3) is 6.95. The lowest BCUT2D eigenvalue weighted by molar-refractivity contribution is -0.158. The van der Waals surface area contributed by atoms with Crippen molar-refractivity contribution in [3.05, 3.63) is 82.6 Å². The first-order valence-electron chi connectivity index (χ1n) is 15.1. The summed E-state index contributed by atoms with van der Waals surface area (Å²) in [5, 5.41) is 10.3. The van der Waals surface area contributed by atoms with E-state index < -0.39 is 44.2 Å². The van der Waals surface area contributed by atoms with Gasteiger partial charge in [0.25, 0.3) is 0 Å². The van der Waals surface area contributed by atoms with Gasteiger partial charge in [-0.1, -0.05) is 30.7 Å². The number of aromatic nitrogens is 2. The van der Waals surface area contributed by atoms with Crippen molar-refractivity contribution in [1.82, 2.24) is 14.9 Å². The minimum atomic E-state index is -3.84. The van der Waals surface area contributed by atoms with E-state index in [1.165, 1.54) is 6.20 Å². The number of ether oxygens (including phenoxy) is 1. The van der Waals surface area contributed by atoms with Crippen LogP contribution < -0.4 is 4.72 Å². The van der Waals surface area contributed by atoms with Crippen molar-refractivity contribution in [3.63, 3.8) is 0 Å². The van der Waals surface area contributed by atoms with E-state index >= 15 is 4.39 Å². The zero-order valence-corrected chi connectivity index (χ0v) is 27.4. The largest absolute Gasteiger partial charge is 0.394 e. The fourth-order valence-corrected chi connectivity index (χ4v) is 7.44. The molecule has 1 unspecified atom stereocenters. The Labute approximate surface area is 276 Å². The van der Waals surface area contributed by atoms with E-state index in [4.69, 9.17) is 16.3 Å². The van der Waals surface area contributed by atoms with E-state index in [0.717, 1.165) is 43.6 Å². The molecular formula is C33H35ClF2N4O6S. The molecule has 2 aromatic carbocycles. The van der Waals surface area contributed by atoms with Crippen LogP contribution in [0.4, 0.5) is 14.5 Å². The number of pyridine rings is 1. The van der Waals surface area contributed by atoms with Gasteiger partial charge >= 0.3 is 0 Å². The number of halogens is 3. The Kier molecular flexibility index (Phi) is 10.4. The maximum atomic E-state index is 15.1. The number of piperidine rings is 3. The summed E-state index contributed by atoms with van der Waals surface area (Å²) in [5.74, 6) is -3.23. The van der Waals surface area contributed by atoms with Crippen LogP contribution in [-0.4, -0.2) is 84.7 Å². The number of aliphatic hydroxyl groups is 1. The summed E-state index contributed by atoms with van der Waals surface area (Å²) in [6.07, 6.45) is 5.12. The predicted molar refractivity (Wildman–Crippen MR) is 175 cm³/mol. The van der Waals surface area contributed by atoms with E-state index in [1.54, 1.807) is 50.6 Å². The Bertz CT molecular complexity index is 1900. The average molecular weight is 689 g/mol. The van der Waals surface area contributed by atoms with Crippen molar-refractivity contribution in [2.24, 2.45) is 5.92 Å². The smallest absolute Gasteiger partial charge is 0.232 e. The lowest BCUT2D eigenvalue weighted by atomic mass is 9.74. The van der Waals surface area contributed by atoms with Crippen molar-refractivity contribution in [1.29, 1.82) is 0 Å². The summed E-state index contributed by atoms with van der Waals surface area (Å²) in [4.78, 5) is 34.4. The van der Waals surface area contributed by atoms with Crippen molar-refractivity contribution >= 4 is 49.9 Å². The van der Waals surface area contributed by atoms with Crippen LogP contribution in [0.3, 0.4) is 0 Å². The number of sulfonamides is 1. The molecule has 2 aromatic heterocycles. The second-order valence-electron chi connectivity index (χ2n) is 11.6. The first-order valence-corrected chi connectivity index (χ1v) is 17.1. The topological polar surface area (TPSA) is 142 Å². The van der Waals surface area contributed by atoms with Crippen LogP contribution in [0.2, 0.25) is 5.02 Å². The number of methoxy groups -OCH3 is 1. The average Bonchev–Trinajstić information content (AvgIpc) is 3.48. The summed E-state index contributed by atoms with van der Waals surface area (Å²) in [6.45, 7) is 3.69. The SMILES string of the molecule is CCCS(=O)(=O)Nc1ccc(F)c(C(=O)c2c[nH]c3ncc(-c4ccc(Cl)cc4)cc23)c1F.COCC1(CO)C(=O)C2CCN1CC2. The number of nitrogens with one attached hydrogen (secondary N) is 2. The van der Waals surface area contributed by atoms with Gasteiger partial charge in [0.15, 0.2) is 11.6 Å². The summed E-state index contributed by atoms with van der Waals surface area (Å²) < 4.78 is 60.9. The maximum absolute atomic E-state index is 15.1. The fraction of sp³-hybridized carbons (Fsp3) is 0.364. The van der Waals surface area contributed by atoms with Crippen LogP contribution in [0.25, 0.3) is 22.2 Å². The quantitative estimate of drug-likeness (QED) is 0.193. The monoisotopic (exact) mass is 688 g/mol. The number of aromatic amines is 1. The molecule has 3 aliphatic rings. The number of rotatable bonds is 10. The lowest BCUT2D eigenvalue weighted by Crippen LogP contribution is -2.68. The lowest BCUT2D eigenvalue weighted by Gasteiger charge is -2.51. The fourth-order valence-electron chi connectivity index (χ4n) is 6.18. The number of aliphatic hydroxyl groups excluding tert-OH is 1. The highest BCUT2D eigenvalue weighted by Gasteiger charge is 2.52. The molecule has 250 valence electrons. The van der Waals surface area contributed by atoms with Gasteiger partial charge in [0.2, 0.25) is 15.8 Å². The Morgan fingerprint density at radius 2 is 1.87 bits per heavy atom. The molecule has 2 bridgehead atoms. The van der Waals surface area contributed by atoms with Gasteiger partial charge in [0.1, 0.15) is 17.0 Å². The number of anilines is 1.